The van der Waals surface area contributed by atoms with Crippen LogP contribution in [0.4, 0.5) is 0 Å². The van der Waals surface area contributed by atoms with Gasteiger partial charge in [-0.15, -0.1) is 0 Å². The van der Waals surface area contributed by atoms with Crippen molar-refractivity contribution in [1.82, 2.24) is 9.29 Å². The van der Waals surface area contributed by atoms with Crippen LogP contribution in [0.25, 0.3) is 0 Å². The highest BCUT2D eigenvalue weighted by Gasteiger charge is 2.28. The largest absolute Gasteiger partial charge is 0.477 e. The number of aromatic nitrogens is 1. The van der Waals surface area contributed by atoms with Crippen LogP contribution in [0.5, 0.6) is 0 Å². The quantitative estimate of drug-likeness (QED) is 0.888. The first-order chi connectivity index (χ1) is 9.45. The van der Waals surface area contributed by atoms with E-state index >= 15 is 0 Å². The Balaban J connectivity index is 2.18. The van der Waals surface area contributed by atoms with Crippen molar-refractivity contribution in [2.75, 3.05) is 13.1 Å². The molecule has 1 aliphatic rings. The second-order valence-electron chi connectivity index (χ2n) is 5.16. The number of carbonyl (C=O) groups is 1. The van der Waals surface area contributed by atoms with E-state index in [9.17, 15) is 13.2 Å². The molecule has 0 aromatic carbocycles. The van der Waals surface area contributed by atoms with Gasteiger partial charge >= 0.3 is 5.97 Å². The molecule has 20 heavy (non-hydrogen) atoms. The third-order valence-corrected chi connectivity index (χ3v) is 5.79. The Morgan fingerprint density at radius 2 is 2.20 bits per heavy atom. The molecule has 1 fully saturated rings. The van der Waals surface area contributed by atoms with E-state index in [0.29, 0.717) is 19.0 Å². The molecule has 112 valence electrons. The lowest BCUT2D eigenvalue weighted by Crippen LogP contribution is -2.31. The normalized spacial score (nSPS) is 21.6. The molecule has 0 amide bonds. The molecule has 1 unspecified atom stereocenters. The van der Waals surface area contributed by atoms with E-state index in [4.69, 9.17) is 5.11 Å². The predicted molar refractivity (Wildman–Crippen MR) is 74.1 cm³/mol. The van der Waals surface area contributed by atoms with Crippen molar-refractivity contribution in [3.8, 4) is 0 Å². The summed E-state index contributed by atoms with van der Waals surface area (Å²) in [5.74, 6) is -0.579. The van der Waals surface area contributed by atoms with E-state index in [1.54, 1.807) is 0 Å². The maximum atomic E-state index is 12.5. The molecule has 0 radical (unpaired) electrons. The fourth-order valence-electron chi connectivity index (χ4n) is 2.58. The van der Waals surface area contributed by atoms with Crippen LogP contribution in [-0.4, -0.2) is 41.9 Å². The topological polar surface area (TPSA) is 90.5 Å². The van der Waals surface area contributed by atoms with Gasteiger partial charge in [-0.25, -0.2) is 13.2 Å². The SMILES string of the molecule is CCC1CCCN(S(=O)(=O)c2c[nH]c(C(=O)O)c2)CC1. The van der Waals surface area contributed by atoms with Crippen molar-refractivity contribution in [1.29, 1.82) is 0 Å². The zero-order chi connectivity index (χ0) is 14.8. The highest BCUT2D eigenvalue weighted by molar-refractivity contribution is 7.89. The molecule has 2 N–H and O–H groups in total. The minimum absolute atomic E-state index is 0.0323. The lowest BCUT2D eigenvalue weighted by atomic mass is 9.98. The van der Waals surface area contributed by atoms with Crippen molar-refractivity contribution in [2.24, 2.45) is 5.92 Å². The fourth-order valence-corrected chi connectivity index (χ4v) is 4.07. The third kappa shape index (κ3) is 3.04. The zero-order valence-electron chi connectivity index (χ0n) is 11.5. The Morgan fingerprint density at radius 1 is 1.45 bits per heavy atom. The molecule has 2 rings (SSSR count). The van der Waals surface area contributed by atoms with E-state index in [1.165, 1.54) is 16.6 Å². The molecule has 1 aromatic rings. The molecular weight excluding hydrogens is 280 g/mol. The summed E-state index contributed by atoms with van der Waals surface area (Å²) in [7, 11) is -3.59. The van der Waals surface area contributed by atoms with Crippen LogP contribution in [0.1, 0.15) is 43.1 Å². The Morgan fingerprint density at radius 3 is 2.80 bits per heavy atom. The number of carboxylic acids is 1. The Kier molecular flexibility index (Phi) is 4.49. The number of hydrogen-bond acceptors (Lipinski definition) is 3. The van der Waals surface area contributed by atoms with Crippen molar-refractivity contribution in [2.45, 2.75) is 37.5 Å². The summed E-state index contributed by atoms with van der Waals surface area (Å²) in [6, 6.07) is 1.18. The van der Waals surface area contributed by atoms with E-state index in [2.05, 4.69) is 11.9 Å². The monoisotopic (exact) mass is 300 g/mol. The van der Waals surface area contributed by atoms with Crippen LogP contribution in [0.2, 0.25) is 0 Å². The minimum Gasteiger partial charge on any atom is -0.477 e. The van der Waals surface area contributed by atoms with E-state index in [-0.39, 0.29) is 10.6 Å². The van der Waals surface area contributed by atoms with Gasteiger partial charge in [0.25, 0.3) is 0 Å². The van der Waals surface area contributed by atoms with Crippen LogP contribution >= 0.6 is 0 Å². The van der Waals surface area contributed by atoms with Gasteiger partial charge < -0.3 is 10.1 Å². The summed E-state index contributed by atoms with van der Waals surface area (Å²) in [6.07, 6.45) is 5.10. The fraction of sp³-hybridized carbons (Fsp3) is 0.615. The van der Waals surface area contributed by atoms with Gasteiger partial charge in [-0.05, 0) is 31.2 Å². The average molecular weight is 300 g/mol. The van der Waals surface area contributed by atoms with E-state index < -0.39 is 16.0 Å². The summed E-state index contributed by atoms with van der Waals surface area (Å²) < 4.78 is 26.4. The Hall–Kier alpha value is -1.34. The molecule has 1 aromatic heterocycles. The molecule has 6 nitrogen and oxygen atoms in total. The van der Waals surface area contributed by atoms with Crippen molar-refractivity contribution >= 4 is 16.0 Å². The summed E-state index contributed by atoms with van der Waals surface area (Å²) >= 11 is 0. The van der Waals surface area contributed by atoms with Gasteiger partial charge in [0, 0.05) is 19.3 Å². The van der Waals surface area contributed by atoms with E-state index in [1.807, 2.05) is 0 Å². The first kappa shape index (κ1) is 15.1. The van der Waals surface area contributed by atoms with Gasteiger partial charge in [-0.1, -0.05) is 13.3 Å². The number of hydrogen-bond donors (Lipinski definition) is 2. The Labute approximate surface area is 118 Å². The molecule has 0 bridgehead atoms. The number of nitrogens with one attached hydrogen (secondary N) is 1. The first-order valence-corrected chi connectivity index (χ1v) is 8.31. The lowest BCUT2D eigenvalue weighted by molar-refractivity contribution is 0.0691. The maximum absolute atomic E-state index is 12.5. The summed E-state index contributed by atoms with van der Waals surface area (Å²) in [6.45, 7) is 3.14. The number of H-pyrrole nitrogens is 1. The average Bonchev–Trinajstić information content (AvgIpc) is 2.78. The third-order valence-electron chi connectivity index (χ3n) is 3.91. The van der Waals surface area contributed by atoms with Gasteiger partial charge in [-0.2, -0.15) is 4.31 Å². The summed E-state index contributed by atoms with van der Waals surface area (Å²) in [5.41, 5.74) is -0.107. The van der Waals surface area contributed by atoms with Crippen LogP contribution in [0.3, 0.4) is 0 Å². The molecule has 7 heteroatoms. The summed E-state index contributed by atoms with van der Waals surface area (Å²) in [5, 5.41) is 8.85. The van der Waals surface area contributed by atoms with Gasteiger partial charge in [-0.3, -0.25) is 0 Å². The lowest BCUT2D eigenvalue weighted by Gasteiger charge is -2.19. The number of sulfonamides is 1. The van der Waals surface area contributed by atoms with Crippen LogP contribution < -0.4 is 0 Å². The minimum atomic E-state index is -3.59. The maximum Gasteiger partial charge on any atom is 0.352 e. The first-order valence-electron chi connectivity index (χ1n) is 6.87. The number of aromatic amines is 1. The highest BCUT2D eigenvalue weighted by atomic mass is 32.2. The molecule has 0 aliphatic carbocycles. The molecular formula is C13H20N2O4S. The molecule has 1 atom stereocenters. The zero-order valence-corrected chi connectivity index (χ0v) is 12.3. The van der Waals surface area contributed by atoms with Gasteiger partial charge in [0.2, 0.25) is 10.0 Å². The summed E-state index contributed by atoms with van der Waals surface area (Å²) in [4.78, 5) is 13.3. The van der Waals surface area contributed by atoms with Crippen molar-refractivity contribution in [3.63, 3.8) is 0 Å². The Bertz CT molecular complexity index is 579. The molecule has 1 saturated heterocycles. The molecule has 2 heterocycles. The van der Waals surface area contributed by atoms with Crippen molar-refractivity contribution in [3.05, 3.63) is 18.0 Å². The molecule has 0 spiro atoms. The van der Waals surface area contributed by atoms with E-state index in [0.717, 1.165) is 25.7 Å². The standard InChI is InChI=1S/C13H20N2O4S/c1-2-10-4-3-6-15(7-5-10)20(18,19)11-8-12(13(16)17)14-9-11/h8-10,14H,2-7H2,1H3,(H,16,17). The highest BCUT2D eigenvalue weighted by Crippen LogP contribution is 2.25. The van der Waals surface area contributed by atoms with Crippen LogP contribution in [-0.2, 0) is 10.0 Å². The number of aromatic carboxylic acids is 1. The van der Waals surface area contributed by atoms with Gasteiger partial charge in [0.15, 0.2) is 0 Å². The van der Waals surface area contributed by atoms with Crippen molar-refractivity contribution < 1.29 is 18.3 Å². The number of nitrogens with zero attached hydrogens (tertiary/aromatic N) is 1. The second kappa shape index (κ2) is 5.97. The molecule has 0 saturated carbocycles. The van der Waals surface area contributed by atoms with Crippen LogP contribution in [0.15, 0.2) is 17.2 Å². The molecule has 1 aliphatic heterocycles. The number of rotatable bonds is 4. The van der Waals surface area contributed by atoms with Crippen LogP contribution in [0, 0.1) is 5.92 Å². The second-order valence-corrected chi connectivity index (χ2v) is 7.10. The smallest absolute Gasteiger partial charge is 0.352 e. The van der Waals surface area contributed by atoms with Gasteiger partial charge in [0.1, 0.15) is 10.6 Å². The van der Waals surface area contributed by atoms with Gasteiger partial charge in [0.05, 0.1) is 0 Å². The predicted octanol–water partition coefficient (Wildman–Crippen LogP) is 1.91. The number of carboxylic acid groups (broad SMARTS) is 1.